The molecule has 0 amide bonds. The molecule has 7 heteroatoms. The van der Waals surface area contributed by atoms with E-state index < -0.39 is 11.7 Å². The van der Waals surface area contributed by atoms with E-state index in [2.05, 4.69) is 5.10 Å². The average molecular weight is 289 g/mol. The van der Waals surface area contributed by atoms with Gasteiger partial charge in [-0.25, -0.2) is 0 Å². The molecule has 2 atom stereocenters. The van der Waals surface area contributed by atoms with Crippen LogP contribution in [0.1, 0.15) is 28.3 Å². The van der Waals surface area contributed by atoms with Crippen molar-refractivity contribution in [3.63, 3.8) is 0 Å². The summed E-state index contributed by atoms with van der Waals surface area (Å²) in [6, 6.07) is 3.08. The Bertz CT molecular complexity index is 557. The lowest BCUT2D eigenvalue weighted by Crippen LogP contribution is -2.30. The zero-order valence-corrected chi connectivity index (χ0v) is 11.3. The van der Waals surface area contributed by atoms with E-state index in [-0.39, 0.29) is 12.1 Å². The van der Waals surface area contributed by atoms with Crippen LogP contribution in [0.3, 0.4) is 0 Å². The summed E-state index contributed by atoms with van der Waals surface area (Å²) in [6.45, 7) is 3.70. The van der Waals surface area contributed by atoms with Crippen molar-refractivity contribution in [3.8, 4) is 0 Å². The van der Waals surface area contributed by atoms with Gasteiger partial charge in [0.25, 0.3) is 0 Å². The van der Waals surface area contributed by atoms with E-state index in [0.717, 1.165) is 22.1 Å². The van der Waals surface area contributed by atoms with Crippen molar-refractivity contribution < 1.29 is 13.2 Å². The number of aromatic nitrogens is 2. The number of aryl methyl sites for hydroxylation is 1. The van der Waals surface area contributed by atoms with Crippen molar-refractivity contribution in [1.29, 1.82) is 0 Å². The maximum absolute atomic E-state index is 12.6. The van der Waals surface area contributed by atoms with Crippen molar-refractivity contribution in [2.24, 2.45) is 5.73 Å². The predicted molar refractivity (Wildman–Crippen MR) is 68.1 cm³/mol. The quantitative estimate of drug-likeness (QED) is 0.943. The van der Waals surface area contributed by atoms with Crippen LogP contribution in [0.25, 0.3) is 0 Å². The fourth-order valence-corrected chi connectivity index (χ4v) is 2.97. The van der Waals surface area contributed by atoms with Crippen molar-refractivity contribution in [2.45, 2.75) is 32.1 Å². The Kier molecular flexibility index (Phi) is 3.69. The van der Waals surface area contributed by atoms with Crippen molar-refractivity contribution in [3.05, 3.63) is 39.8 Å². The molecule has 0 spiro atoms. The number of rotatable bonds is 3. The SMILES string of the molecule is Cc1ccc(C(C(C)N)n2cc(C(F)(F)F)cn2)s1. The molecule has 2 aromatic rings. The molecule has 0 aromatic carbocycles. The summed E-state index contributed by atoms with van der Waals surface area (Å²) in [7, 11) is 0. The molecule has 0 radical (unpaired) electrons. The van der Waals surface area contributed by atoms with Gasteiger partial charge < -0.3 is 5.73 Å². The Morgan fingerprint density at radius 3 is 2.47 bits per heavy atom. The number of hydrogen-bond acceptors (Lipinski definition) is 3. The van der Waals surface area contributed by atoms with E-state index in [0.29, 0.717) is 0 Å². The van der Waals surface area contributed by atoms with Gasteiger partial charge in [-0.05, 0) is 26.0 Å². The summed E-state index contributed by atoms with van der Waals surface area (Å²) in [5, 5.41) is 3.81. The third-order valence-electron chi connectivity index (χ3n) is 2.76. The summed E-state index contributed by atoms with van der Waals surface area (Å²) >= 11 is 1.51. The zero-order chi connectivity index (χ0) is 14.2. The molecule has 104 valence electrons. The van der Waals surface area contributed by atoms with E-state index in [1.165, 1.54) is 16.0 Å². The molecule has 2 heterocycles. The van der Waals surface area contributed by atoms with Crippen molar-refractivity contribution >= 4 is 11.3 Å². The largest absolute Gasteiger partial charge is 0.419 e. The zero-order valence-electron chi connectivity index (χ0n) is 10.5. The van der Waals surface area contributed by atoms with E-state index in [1.54, 1.807) is 6.92 Å². The Balaban J connectivity index is 2.38. The van der Waals surface area contributed by atoms with Gasteiger partial charge in [0.05, 0.1) is 11.8 Å². The van der Waals surface area contributed by atoms with Gasteiger partial charge in [-0.2, -0.15) is 18.3 Å². The van der Waals surface area contributed by atoms with Gasteiger partial charge in [-0.3, -0.25) is 4.68 Å². The first-order valence-electron chi connectivity index (χ1n) is 5.72. The van der Waals surface area contributed by atoms with Crippen LogP contribution in [0, 0.1) is 6.92 Å². The topological polar surface area (TPSA) is 43.8 Å². The number of thiophene rings is 1. The van der Waals surface area contributed by atoms with Crippen LogP contribution in [0.5, 0.6) is 0 Å². The van der Waals surface area contributed by atoms with Gasteiger partial charge >= 0.3 is 6.18 Å². The van der Waals surface area contributed by atoms with Crippen molar-refractivity contribution in [2.75, 3.05) is 0 Å². The Hall–Kier alpha value is -1.34. The fraction of sp³-hybridized carbons (Fsp3) is 0.417. The summed E-state index contributed by atoms with van der Waals surface area (Å²) in [6.07, 6.45) is -2.55. The predicted octanol–water partition coefficient (Wildman–Crippen LogP) is 3.21. The van der Waals surface area contributed by atoms with E-state index >= 15 is 0 Å². The first-order chi connectivity index (χ1) is 8.79. The summed E-state index contributed by atoms with van der Waals surface area (Å²) in [5.74, 6) is 0. The average Bonchev–Trinajstić information content (AvgIpc) is 2.87. The first kappa shape index (κ1) is 14.1. The number of nitrogens with zero attached hydrogens (tertiary/aromatic N) is 2. The van der Waals surface area contributed by atoms with Crippen LogP contribution < -0.4 is 5.73 Å². The molecule has 0 aliphatic rings. The monoisotopic (exact) mass is 289 g/mol. The molecule has 0 fully saturated rings. The van der Waals surface area contributed by atoms with Gasteiger partial charge in [0, 0.05) is 22.0 Å². The molecule has 0 bridgehead atoms. The third-order valence-corrected chi connectivity index (χ3v) is 3.84. The van der Waals surface area contributed by atoms with Crippen LogP contribution in [-0.4, -0.2) is 15.8 Å². The lowest BCUT2D eigenvalue weighted by molar-refractivity contribution is -0.137. The normalized spacial score (nSPS) is 15.5. The number of nitrogens with two attached hydrogens (primary N) is 1. The second-order valence-electron chi connectivity index (χ2n) is 4.46. The van der Waals surface area contributed by atoms with Gasteiger partial charge in [0.1, 0.15) is 6.04 Å². The highest BCUT2D eigenvalue weighted by Gasteiger charge is 2.33. The second kappa shape index (κ2) is 4.97. The maximum Gasteiger partial charge on any atom is 0.419 e. The highest BCUT2D eigenvalue weighted by molar-refractivity contribution is 7.12. The van der Waals surface area contributed by atoms with Gasteiger partial charge in [-0.1, -0.05) is 0 Å². The van der Waals surface area contributed by atoms with Crippen LogP contribution in [0.4, 0.5) is 13.2 Å². The molecule has 2 N–H and O–H groups in total. The number of halogens is 3. The molecule has 2 rings (SSSR count). The highest BCUT2D eigenvalue weighted by Crippen LogP contribution is 2.32. The highest BCUT2D eigenvalue weighted by atomic mass is 32.1. The third kappa shape index (κ3) is 2.98. The molecule has 19 heavy (non-hydrogen) atoms. The Labute approximate surface area is 112 Å². The van der Waals surface area contributed by atoms with Crippen LogP contribution in [0.2, 0.25) is 0 Å². The molecule has 2 aromatic heterocycles. The minimum absolute atomic E-state index is 0.334. The summed E-state index contributed by atoms with van der Waals surface area (Å²) < 4.78 is 39.1. The minimum Gasteiger partial charge on any atom is -0.326 e. The van der Waals surface area contributed by atoms with E-state index in [4.69, 9.17) is 5.73 Å². The van der Waals surface area contributed by atoms with Crippen LogP contribution >= 0.6 is 11.3 Å². The molecule has 0 aliphatic heterocycles. The smallest absolute Gasteiger partial charge is 0.326 e. The van der Waals surface area contributed by atoms with Gasteiger partial charge in [-0.15, -0.1) is 11.3 Å². The minimum atomic E-state index is -4.38. The lowest BCUT2D eigenvalue weighted by atomic mass is 10.1. The van der Waals surface area contributed by atoms with Gasteiger partial charge in [0.2, 0.25) is 0 Å². The molecular weight excluding hydrogens is 275 g/mol. The molecular formula is C12H14F3N3S. The fourth-order valence-electron chi connectivity index (χ4n) is 1.88. The van der Waals surface area contributed by atoms with Gasteiger partial charge in [0.15, 0.2) is 0 Å². The maximum atomic E-state index is 12.6. The van der Waals surface area contributed by atoms with E-state index in [1.807, 2.05) is 19.1 Å². The molecule has 0 saturated carbocycles. The summed E-state index contributed by atoms with van der Waals surface area (Å²) in [5.41, 5.74) is 5.13. The Morgan fingerprint density at radius 1 is 1.37 bits per heavy atom. The molecule has 2 unspecified atom stereocenters. The van der Waals surface area contributed by atoms with Crippen LogP contribution in [-0.2, 0) is 6.18 Å². The first-order valence-corrected chi connectivity index (χ1v) is 6.54. The summed E-state index contributed by atoms with van der Waals surface area (Å²) in [4.78, 5) is 1.99. The van der Waals surface area contributed by atoms with Crippen molar-refractivity contribution in [1.82, 2.24) is 9.78 Å². The lowest BCUT2D eigenvalue weighted by Gasteiger charge is -2.20. The number of alkyl halides is 3. The van der Waals surface area contributed by atoms with E-state index in [9.17, 15) is 13.2 Å². The second-order valence-corrected chi connectivity index (χ2v) is 5.78. The number of hydrogen-bond donors (Lipinski definition) is 1. The standard InChI is InChI=1S/C12H14F3N3S/c1-7-3-4-10(19-7)11(8(2)16)18-6-9(5-17-18)12(13,14)15/h3-6,8,11H,16H2,1-2H3. The molecule has 3 nitrogen and oxygen atoms in total. The van der Waals surface area contributed by atoms with Crippen LogP contribution in [0.15, 0.2) is 24.5 Å². The molecule has 0 saturated heterocycles. The molecule has 0 aliphatic carbocycles. The Morgan fingerprint density at radius 2 is 2.05 bits per heavy atom.